The van der Waals surface area contributed by atoms with E-state index in [1.165, 1.54) is 10.7 Å². The number of rotatable bonds is 7. The molecule has 1 aromatic carbocycles. The van der Waals surface area contributed by atoms with Crippen molar-refractivity contribution in [3.63, 3.8) is 0 Å². The molecule has 2 amide bonds. The second-order valence-electron chi connectivity index (χ2n) is 7.23. The molecular formula is C22H28N4O4. The Morgan fingerprint density at radius 2 is 1.67 bits per heavy atom. The molecule has 0 unspecified atom stereocenters. The van der Waals surface area contributed by atoms with E-state index in [9.17, 15) is 14.4 Å². The molecule has 8 nitrogen and oxygen atoms in total. The number of carbonyl (C=O) groups is 2. The lowest BCUT2D eigenvalue weighted by atomic mass is 10.1. The van der Waals surface area contributed by atoms with Crippen molar-refractivity contribution in [3.8, 4) is 17.0 Å². The molecule has 2 aromatic rings. The highest BCUT2D eigenvalue weighted by molar-refractivity contribution is 5.77. The third-order valence-electron chi connectivity index (χ3n) is 5.17. The molecule has 3 rings (SSSR count). The Kier molecular flexibility index (Phi) is 7.21. The van der Waals surface area contributed by atoms with E-state index in [0.29, 0.717) is 57.9 Å². The molecule has 1 fully saturated rings. The zero-order valence-electron chi connectivity index (χ0n) is 17.5. The van der Waals surface area contributed by atoms with Crippen molar-refractivity contribution in [2.45, 2.75) is 33.2 Å². The summed E-state index contributed by atoms with van der Waals surface area (Å²) in [5.74, 6) is 0.881. The Balaban J connectivity index is 1.55. The van der Waals surface area contributed by atoms with Gasteiger partial charge in [0.25, 0.3) is 5.56 Å². The smallest absolute Gasteiger partial charge is 0.266 e. The number of hydrogen-bond acceptors (Lipinski definition) is 5. The van der Waals surface area contributed by atoms with E-state index in [1.54, 1.807) is 22.8 Å². The number of carbonyl (C=O) groups excluding carboxylic acids is 2. The predicted molar refractivity (Wildman–Crippen MR) is 113 cm³/mol. The maximum Gasteiger partial charge on any atom is 0.266 e. The van der Waals surface area contributed by atoms with Crippen LogP contribution in [0.5, 0.6) is 5.75 Å². The van der Waals surface area contributed by atoms with Crippen molar-refractivity contribution in [1.29, 1.82) is 0 Å². The van der Waals surface area contributed by atoms with Crippen LogP contribution in [-0.2, 0) is 16.1 Å². The van der Waals surface area contributed by atoms with E-state index >= 15 is 0 Å². The summed E-state index contributed by atoms with van der Waals surface area (Å²) < 4.78 is 6.86. The third kappa shape index (κ3) is 5.46. The number of aryl methyl sites for hydroxylation is 1. The largest absolute Gasteiger partial charge is 0.494 e. The van der Waals surface area contributed by atoms with E-state index < -0.39 is 0 Å². The Hall–Kier alpha value is -3.16. The summed E-state index contributed by atoms with van der Waals surface area (Å²) in [7, 11) is 0. The number of nitrogens with zero attached hydrogens (tertiary/aromatic N) is 4. The summed E-state index contributed by atoms with van der Waals surface area (Å²) in [6, 6.07) is 10.8. The Bertz CT molecular complexity index is 931. The van der Waals surface area contributed by atoms with Gasteiger partial charge in [0.05, 0.1) is 12.3 Å². The molecule has 1 saturated heterocycles. The summed E-state index contributed by atoms with van der Waals surface area (Å²) >= 11 is 0. The number of amides is 2. The van der Waals surface area contributed by atoms with Crippen LogP contribution in [0.25, 0.3) is 11.3 Å². The highest BCUT2D eigenvalue weighted by Gasteiger charge is 2.21. The van der Waals surface area contributed by atoms with E-state index in [1.807, 2.05) is 31.2 Å². The molecule has 2 heterocycles. The van der Waals surface area contributed by atoms with Crippen LogP contribution in [-0.4, -0.2) is 64.2 Å². The van der Waals surface area contributed by atoms with Crippen molar-refractivity contribution in [2.24, 2.45) is 0 Å². The molecule has 8 heteroatoms. The molecule has 0 bridgehead atoms. The predicted octanol–water partition coefficient (Wildman–Crippen LogP) is 1.78. The molecule has 1 aromatic heterocycles. The van der Waals surface area contributed by atoms with Crippen LogP contribution < -0.4 is 10.3 Å². The lowest BCUT2D eigenvalue weighted by Gasteiger charge is -2.34. The van der Waals surface area contributed by atoms with E-state index in [2.05, 4.69) is 5.10 Å². The van der Waals surface area contributed by atoms with Gasteiger partial charge in [-0.3, -0.25) is 14.4 Å². The van der Waals surface area contributed by atoms with Crippen LogP contribution in [0.4, 0.5) is 0 Å². The van der Waals surface area contributed by atoms with Gasteiger partial charge in [0.15, 0.2) is 0 Å². The summed E-state index contributed by atoms with van der Waals surface area (Å²) in [6.07, 6.45) is 0.882. The molecular weight excluding hydrogens is 384 g/mol. The van der Waals surface area contributed by atoms with Crippen LogP contribution in [0.15, 0.2) is 41.2 Å². The van der Waals surface area contributed by atoms with Gasteiger partial charge in [0.1, 0.15) is 5.75 Å². The summed E-state index contributed by atoms with van der Waals surface area (Å²) in [6.45, 7) is 6.73. The molecule has 0 saturated carbocycles. The first-order chi connectivity index (χ1) is 14.5. The van der Waals surface area contributed by atoms with Gasteiger partial charge in [0.2, 0.25) is 11.8 Å². The van der Waals surface area contributed by atoms with E-state index in [4.69, 9.17) is 4.74 Å². The maximum absolute atomic E-state index is 12.4. The van der Waals surface area contributed by atoms with Crippen molar-refractivity contribution in [1.82, 2.24) is 19.6 Å². The maximum atomic E-state index is 12.4. The highest BCUT2D eigenvalue weighted by Crippen LogP contribution is 2.20. The third-order valence-corrected chi connectivity index (χ3v) is 5.17. The number of ether oxygens (including phenoxy) is 1. The van der Waals surface area contributed by atoms with Gasteiger partial charge in [-0.05, 0) is 43.7 Å². The van der Waals surface area contributed by atoms with E-state index in [0.717, 1.165) is 11.3 Å². The van der Waals surface area contributed by atoms with Gasteiger partial charge in [-0.2, -0.15) is 5.10 Å². The first-order valence-corrected chi connectivity index (χ1v) is 10.3. The molecule has 0 aliphatic carbocycles. The van der Waals surface area contributed by atoms with Crippen LogP contribution in [0, 0.1) is 0 Å². The fraction of sp³-hybridized carbons (Fsp3) is 0.455. The Labute approximate surface area is 176 Å². The molecule has 30 heavy (non-hydrogen) atoms. The topological polar surface area (TPSA) is 84.7 Å². The van der Waals surface area contributed by atoms with Crippen molar-refractivity contribution < 1.29 is 14.3 Å². The lowest BCUT2D eigenvalue weighted by Crippen LogP contribution is -2.50. The van der Waals surface area contributed by atoms with Gasteiger partial charge < -0.3 is 14.5 Å². The van der Waals surface area contributed by atoms with Crippen LogP contribution >= 0.6 is 0 Å². The Morgan fingerprint density at radius 3 is 2.30 bits per heavy atom. The zero-order chi connectivity index (χ0) is 21.5. The van der Waals surface area contributed by atoms with Crippen molar-refractivity contribution >= 4 is 11.8 Å². The molecule has 0 atom stereocenters. The van der Waals surface area contributed by atoms with Crippen LogP contribution in [0.2, 0.25) is 0 Å². The van der Waals surface area contributed by atoms with Gasteiger partial charge in [-0.1, -0.05) is 0 Å². The van der Waals surface area contributed by atoms with Crippen molar-refractivity contribution in [2.75, 3.05) is 32.8 Å². The summed E-state index contributed by atoms with van der Waals surface area (Å²) in [4.78, 5) is 39.5. The molecule has 0 N–H and O–H groups in total. The number of hydrogen-bond donors (Lipinski definition) is 0. The minimum Gasteiger partial charge on any atom is -0.494 e. The lowest BCUT2D eigenvalue weighted by molar-refractivity contribution is -0.138. The van der Waals surface area contributed by atoms with Crippen molar-refractivity contribution in [3.05, 3.63) is 46.8 Å². The average molecular weight is 412 g/mol. The second-order valence-corrected chi connectivity index (χ2v) is 7.23. The van der Waals surface area contributed by atoms with Crippen LogP contribution in [0.3, 0.4) is 0 Å². The first-order valence-electron chi connectivity index (χ1n) is 10.3. The molecule has 1 aliphatic rings. The molecule has 0 spiro atoms. The number of benzene rings is 1. The van der Waals surface area contributed by atoms with Gasteiger partial charge >= 0.3 is 0 Å². The van der Waals surface area contributed by atoms with Gasteiger partial charge in [0, 0.05) is 57.7 Å². The minimum absolute atomic E-state index is 0.0416. The average Bonchev–Trinajstić information content (AvgIpc) is 2.76. The molecule has 0 radical (unpaired) electrons. The quantitative estimate of drug-likeness (QED) is 0.692. The number of aromatic nitrogens is 2. The fourth-order valence-corrected chi connectivity index (χ4v) is 3.46. The van der Waals surface area contributed by atoms with Gasteiger partial charge in [-0.15, -0.1) is 0 Å². The van der Waals surface area contributed by atoms with Gasteiger partial charge in [-0.25, -0.2) is 4.68 Å². The summed E-state index contributed by atoms with van der Waals surface area (Å²) in [5.41, 5.74) is 1.41. The molecule has 1 aliphatic heterocycles. The second kappa shape index (κ2) is 10.0. The standard InChI is InChI=1S/C22H28N4O4/c1-3-30-19-8-6-18(7-9-19)20-10-11-22(29)26(23-20)12-4-5-21(28)25-15-13-24(14-16-25)17(2)27/h6-11H,3-5,12-16H2,1-2H3. The number of piperazine rings is 1. The zero-order valence-corrected chi connectivity index (χ0v) is 17.5. The minimum atomic E-state index is -0.188. The Morgan fingerprint density at radius 1 is 1.00 bits per heavy atom. The first kappa shape index (κ1) is 21.5. The normalized spacial score (nSPS) is 13.9. The van der Waals surface area contributed by atoms with E-state index in [-0.39, 0.29) is 17.4 Å². The highest BCUT2D eigenvalue weighted by atomic mass is 16.5. The monoisotopic (exact) mass is 412 g/mol. The fourth-order valence-electron chi connectivity index (χ4n) is 3.46. The summed E-state index contributed by atoms with van der Waals surface area (Å²) in [5, 5.41) is 4.45. The van der Waals surface area contributed by atoms with Crippen LogP contribution in [0.1, 0.15) is 26.7 Å². The molecule has 160 valence electrons. The SMILES string of the molecule is CCOc1ccc(-c2ccc(=O)n(CCCC(=O)N3CCN(C(C)=O)CC3)n2)cc1.